The predicted octanol–water partition coefficient (Wildman–Crippen LogP) is 4.01. The maximum absolute atomic E-state index is 12.1. The van der Waals surface area contributed by atoms with Crippen LogP contribution in [0.1, 0.15) is 54.4 Å². The lowest BCUT2D eigenvalue weighted by Crippen LogP contribution is -2.39. The first kappa shape index (κ1) is 31.5. The first-order valence-electron chi connectivity index (χ1n) is 11.7. The number of pyridine rings is 1. The maximum Gasteiger partial charge on any atom is 0.407 e. The van der Waals surface area contributed by atoms with Crippen LogP contribution in [0.15, 0.2) is 29.4 Å². The van der Waals surface area contributed by atoms with Gasteiger partial charge in [-0.2, -0.15) is 0 Å². The monoisotopic (exact) mass is 531 g/mol. The lowest BCUT2D eigenvalue weighted by Gasteiger charge is -2.32. The number of alkyl carbamates (subject to hydrolysis) is 1. The van der Waals surface area contributed by atoms with Crippen molar-refractivity contribution in [2.45, 2.75) is 77.4 Å². The number of carbonyl (C=O) groups is 2. The molecule has 0 saturated carbocycles. The van der Waals surface area contributed by atoms with Crippen LogP contribution >= 0.6 is 21.6 Å². The van der Waals surface area contributed by atoms with Crippen LogP contribution in [0.2, 0.25) is 0 Å². The average molecular weight is 532 g/mol. The minimum Gasteiger partial charge on any atom is -0.444 e. The van der Waals surface area contributed by atoms with Gasteiger partial charge in [0, 0.05) is 31.5 Å². The molecule has 1 heterocycles. The van der Waals surface area contributed by atoms with Crippen LogP contribution < -0.4 is 10.6 Å². The minimum atomic E-state index is -0.829. The molecule has 0 aliphatic heterocycles. The molecule has 0 aromatic carbocycles. The summed E-state index contributed by atoms with van der Waals surface area (Å²) in [5, 5.41) is 16.0. The molecule has 0 aliphatic rings. The molecule has 1 aromatic rings. The second-order valence-corrected chi connectivity index (χ2v) is 12.5. The van der Waals surface area contributed by atoms with Gasteiger partial charge < -0.3 is 30.0 Å². The Balaban J connectivity index is 2.28. The number of hydrogen-bond acceptors (Lipinski definition) is 9. The number of rotatable bonds is 15. The van der Waals surface area contributed by atoms with Crippen molar-refractivity contribution in [1.82, 2.24) is 15.6 Å². The summed E-state index contributed by atoms with van der Waals surface area (Å²) in [6, 6.07) is 5.73. The Labute approximate surface area is 217 Å². The molecule has 0 bridgehead atoms. The Morgan fingerprint density at radius 2 is 1.86 bits per heavy atom. The second kappa shape index (κ2) is 16.3. The van der Waals surface area contributed by atoms with Crippen molar-refractivity contribution in [3.05, 3.63) is 24.4 Å². The Morgan fingerprint density at radius 1 is 1.11 bits per heavy atom. The van der Waals surface area contributed by atoms with Gasteiger partial charge in [-0.05, 0) is 55.5 Å². The minimum absolute atomic E-state index is 0.0465. The summed E-state index contributed by atoms with van der Waals surface area (Å²) in [5.74, 6) is 0.584. The van der Waals surface area contributed by atoms with Crippen molar-refractivity contribution in [3.8, 4) is 0 Å². The third kappa shape index (κ3) is 17.5. The van der Waals surface area contributed by atoms with Crippen molar-refractivity contribution < 1.29 is 28.9 Å². The fourth-order valence-corrected chi connectivity index (χ4v) is 4.63. The molecular formula is C24H41N3O6S2. The number of ether oxygens (including phenoxy) is 3. The van der Waals surface area contributed by atoms with Gasteiger partial charge >= 0.3 is 6.09 Å². The fourth-order valence-electron chi connectivity index (χ4n) is 2.84. The molecular weight excluding hydrogens is 490 g/mol. The Bertz CT molecular complexity index is 741. The SMILES string of the molecule is CC(C)(C)CC(CO)OC(COC(=O)NCCC(=O)NCCSSc1ccccn1)OC(C)(C)C. The molecule has 9 nitrogen and oxygen atoms in total. The zero-order chi connectivity index (χ0) is 26.3. The average Bonchev–Trinajstić information content (AvgIpc) is 2.75. The molecule has 2 unspecified atom stereocenters. The highest BCUT2D eigenvalue weighted by Crippen LogP contribution is 2.28. The molecule has 0 saturated heterocycles. The van der Waals surface area contributed by atoms with Crippen LogP contribution in [0.3, 0.4) is 0 Å². The van der Waals surface area contributed by atoms with Gasteiger partial charge in [-0.25, -0.2) is 9.78 Å². The zero-order valence-corrected chi connectivity index (χ0v) is 23.3. The van der Waals surface area contributed by atoms with E-state index in [9.17, 15) is 14.7 Å². The molecule has 0 fully saturated rings. The maximum atomic E-state index is 12.1. The number of nitrogens with one attached hydrogen (secondary N) is 2. The van der Waals surface area contributed by atoms with Gasteiger partial charge in [0.1, 0.15) is 11.6 Å². The number of aromatic nitrogens is 1. The van der Waals surface area contributed by atoms with E-state index in [1.54, 1.807) is 27.8 Å². The van der Waals surface area contributed by atoms with Crippen molar-refractivity contribution in [2.24, 2.45) is 5.41 Å². The summed E-state index contributed by atoms with van der Waals surface area (Å²) in [7, 11) is 3.17. The Hall–Kier alpha value is -1.53. The third-order valence-electron chi connectivity index (χ3n) is 4.13. The third-order valence-corrected chi connectivity index (χ3v) is 6.40. The number of amides is 2. The quantitative estimate of drug-likeness (QED) is 0.175. The van der Waals surface area contributed by atoms with Crippen molar-refractivity contribution >= 4 is 33.6 Å². The van der Waals surface area contributed by atoms with Gasteiger partial charge in [-0.15, -0.1) is 0 Å². The largest absolute Gasteiger partial charge is 0.444 e. The van der Waals surface area contributed by atoms with Gasteiger partial charge in [-0.3, -0.25) is 4.79 Å². The molecule has 2 amide bonds. The van der Waals surface area contributed by atoms with Crippen molar-refractivity contribution in [2.75, 3.05) is 32.1 Å². The fraction of sp³-hybridized carbons (Fsp3) is 0.708. The number of aliphatic hydroxyl groups excluding tert-OH is 1. The van der Waals surface area contributed by atoms with Crippen LogP contribution in [0, 0.1) is 5.41 Å². The highest BCUT2D eigenvalue weighted by molar-refractivity contribution is 8.76. The standard InChI is InChI=1S/C24H41N3O6S2/c1-23(2,3)15-18(16-28)32-21(33-24(4,5)6)17-31-22(30)27-12-10-19(29)25-13-14-34-35-20-9-7-8-11-26-20/h7-9,11,18,21,28H,10,12-17H2,1-6H3,(H,25,29)(H,27,30). The van der Waals surface area contributed by atoms with Crippen molar-refractivity contribution in [3.63, 3.8) is 0 Å². The smallest absolute Gasteiger partial charge is 0.407 e. The van der Waals surface area contributed by atoms with Gasteiger partial charge in [0.2, 0.25) is 5.91 Å². The highest BCUT2D eigenvalue weighted by atomic mass is 33.1. The van der Waals surface area contributed by atoms with Gasteiger partial charge in [0.05, 0.1) is 18.3 Å². The van der Waals surface area contributed by atoms with Crippen LogP contribution in [-0.4, -0.2) is 72.1 Å². The molecule has 1 rings (SSSR count). The molecule has 200 valence electrons. The number of aliphatic hydroxyl groups is 1. The summed E-state index contributed by atoms with van der Waals surface area (Å²) >= 11 is 0. The van der Waals surface area contributed by atoms with E-state index in [0.29, 0.717) is 13.0 Å². The molecule has 3 N–H and O–H groups in total. The Morgan fingerprint density at radius 3 is 2.46 bits per heavy atom. The molecule has 2 atom stereocenters. The van der Waals surface area contributed by atoms with Crippen LogP contribution in [0.5, 0.6) is 0 Å². The van der Waals surface area contributed by atoms with Crippen LogP contribution in [-0.2, 0) is 19.0 Å². The van der Waals surface area contributed by atoms with Crippen LogP contribution in [0.25, 0.3) is 0 Å². The van der Waals surface area contributed by atoms with E-state index >= 15 is 0 Å². The summed E-state index contributed by atoms with van der Waals surface area (Å²) < 4.78 is 17.0. The van der Waals surface area contributed by atoms with E-state index in [0.717, 1.165) is 10.8 Å². The normalized spacial score (nSPS) is 13.7. The molecule has 0 spiro atoms. The molecule has 0 radical (unpaired) electrons. The molecule has 11 heteroatoms. The Kier molecular flexibility index (Phi) is 14.6. The first-order valence-corrected chi connectivity index (χ1v) is 14.0. The predicted molar refractivity (Wildman–Crippen MR) is 140 cm³/mol. The summed E-state index contributed by atoms with van der Waals surface area (Å²) in [5.41, 5.74) is -0.576. The topological polar surface area (TPSA) is 119 Å². The van der Waals surface area contributed by atoms with E-state index in [1.807, 2.05) is 39.0 Å². The summed E-state index contributed by atoms with van der Waals surface area (Å²) in [4.78, 5) is 28.2. The molecule has 35 heavy (non-hydrogen) atoms. The van der Waals surface area contributed by atoms with E-state index < -0.39 is 24.1 Å². The number of nitrogens with zero attached hydrogens (tertiary/aromatic N) is 1. The van der Waals surface area contributed by atoms with Gasteiger partial charge in [0.15, 0.2) is 6.29 Å². The van der Waals surface area contributed by atoms with Crippen molar-refractivity contribution in [1.29, 1.82) is 0 Å². The van der Waals surface area contributed by atoms with E-state index in [4.69, 9.17) is 14.2 Å². The zero-order valence-electron chi connectivity index (χ0n) is 21.7. The van der Waals surface area contributed by atoms with Gasteiger partial charge in [-0.1, -0.05) is 37.6 Å². The summed E-state index contributed by atoms with van der Waals surface area (Å²) in [6.07, 6.45) is 0.566. The van der Waals surface area contributed by atoms with E-state index in [1.165, 1.54) is 0 Å². The highest BCUT2D eigenvalue weighted by Gasteiger charge is 2.27. The van der Waals surface area contributed by atoms with E-state index in [-0.39, 0.29) is 37.5 Å². The lowest BCUT2D eigenvalue weighted by molar-refractivity contribution is -0.236. The first-order chi connectivity index (χ1) is 16.4. The second-order valence-electron chi connectivity index (χ2n) is 10.1. The summed E-state index contributed by atoms with van der Waals surface area (Å²) in [6.45, 7) is 12.1. The van der Waals surface area contributed by atoms with E-state index in [2.05, 4.69) is 36.4 Å². The number of hydrogen-bond donors (Lipinski definition) is 3. The number of carbonyl (C=O) groups excluding carboxylic acids is 2. The molecule has 1 aromatic heterocycles. The molecule has 0 aliphatic carbocycles. The lowest BCUT2D eigenvalue weighted by atomic mass is 9.89. The van der Waals surface area contributed by atoms with Crippen LogP contribution in [0.4, 0.5) is 4.79 Å². The van der Waals surface area contributed by atoms with Gasteiger partial charge in [0.25, 0.3) is 0 Å².